The highest BCUT2D eigenvalue weighted by Gasteiger charge is 2.34. The fourth-order valence-corrected chi connectivity index (χ4v) is 5.01. The lowest BCUT2D eigenvalue weighted by Gasteiger charge is -2.38. The molecule has 0 N–H and O–H groups in total. The number of hydrogen-bond donors (Lipinski definition) is 0. The van der Waals surface area contributed by atoms with Crippen molar-refractivity contribution in [3.05, 3.63) is 71.5 Å². The van der Waals surface area contributed by atoms with Gasteiger partial charge in [0.1, 0.15) is 0 Å². The summed E-state index contributed by atoms with van der Waals surface area (Å²) in [7, 11) is 0. The summed E-state index contributed by atoms with van der Waals surface area (Å²) < 4.78 is 0. The van der Waals surface area contributed by atoms with Crippen LogP contribution in [0.5, 0.6) is 0 Å². The third-order valence-electron chi connectivity index (χ3n) is 6.26. The number of pyridine rings is 2. The van der Waals surface area contributed by atoms with E-state index >= 15 is 0 Å². The summed E-state index contributed by atoms with van der Waals surface area (Å²) in [4.78, 5) is 9.41. The molecular formula is C30H36N2. The minimum Gasteiger partial charge on any atom is -0.254 e. The van der Waals surface area contributed by atoms with Crippen molar-refractivity contribution < 1.29 is 0 Å². The predicted molar refractivity (Wildman–Crippen MR) is 139 cm³/mol. The zero-order valence-electron chi connectivity index (χ0n) is 21.1. The Morgan fingerprint density at radius 1 is 0.562 bits per heavy atom. The van der Waals surface area contributed by atoms with Gasteiger partial charge in [-0.25, -0.2) is 0 Å². The van der Waals surface area contributed by atoms with Crippen molar-refractivity contribution in [1.82, 2.24) is 9.97 Å². The van der Waals surface area contributed by atoms with Crippen LogP contribution in [0, 0.1) is 0 Å². The first-order valence-electron chi connectivity index (χ1n) is 11.6. The Hall–Kier alpha value is -2.74. The van der Waals surface area contributed by atoms with Gasteiger partial charge in [0, 0.05) is 23.2 Å². The van der Waals surface area contributed by atoms with Gasteiger partial charge in [-0.05, 0) is 62.3 Å². The third kappa shape index (κ3) is 3.81. The van der Waals surface area contributed by atoms with Crippen LogP contribution in [-0.2, 0) is 16.2 Å². The lowest BCUT2D eigenvalue weighted by Crippen LogP contribution is -2.28. The van der Waals surface area contributed by atoms with E-state index in [2.05, 4.69) is 97.6 Å². The van der Waals surface area contributed by atoms with Gasteiger partial charge in [0.2, 0.25) is 0 Å². The molecule has 0 fully saturated rings. The molecule has 0 unspecified atom stereocenters. The van der Waals surface area contributed by atoms with Crippen LogP contribution in [0.4, 0.5) is 0 Å². The van der Waals surface area contributed by atoms with Gasteiger partial charge in [-0.15, -0.1) is 0 Å². The lowest BCUT2D eigenvalue weighted by atomic mass is 9.66. The second kappa shape index (κ2) is 7.40. The van der Waals surface area contributed by atoms with Crippen LogP contribution >= 0.6 is 0 Å². The minimum absolute atomic E-state index is 0.0162. The molecule has 0 saturated heterocycles. The van der Waals surface area contributed by atoms with E-state index in [9.17, 15) is 0 Å². The molecule has 166 valence electrons. The summed E-state index contributed by atoms with van der Waals surface area (Å²) in [6.07, 6.45) is 3.72. The third-order valence-corrected chi connectivity index (χ3v) is 6.26. The summed E-state index contributed by atoms with van der Waals surface area (Å²) in [5, 5.41) is 2.29. The van der Waals surface area contributed by atoms with Gasteiger partial charge >= 0.3 is 0 Å². The molecular weight excluding hydrogens is 388 g/mol. The summed E-state index contributed by atoms with van der Waals surface area (Å²) in [6, 6.07) is 15.4. The van der Waals surface area contributed by atoms with E-state index in [1.807, 2.05) is 24.5 Å². The van der Waals surface area contributed by atoms with E-state index in [0.717, 1.165) is 21.8 Å². The second-order valence-electron chi connectivity index (χ2n) is 12.1. The summed E-state index contributed by atoms with van der Waals surface area (Å²) in [5.74, 6) is 0. The van der Waals surface area contributed by atoms with Crippen LogP contribution in [0.3, 0.4) is 0 Å². The van der Waals surface area contributed by atoms with Gasteiger partial charge in [-0.2, -0.15) is 0 Å². The van der Waals surface area contributed by atoms with Crippen molar-refractivity contribution >= 4 is 21.8 Å². The monoisotopic (exact) mass is 424 g/mol. The van der Waals surface area contributed by atoms with Gasteiger partial charge in [-0.1, -0.05) is 86.6 Å². The van der Waals surface area contributed by atoms with Crippen molar-refractivity contribution in [1.29, 1.82) is 0 Å². The van der Waals surface area contributed by atoms with Crippen LogP contribution in [0.15, 0.2) is 54.9 Å². The summed E-state index contributed by atoms with van der Waals surface area (Å²) >= 11 is 0. The maximum absolute atomic E-state index is 4.75. The Kier molecular flexibility index (Phi) is 5.19. The van der Waals surface area contributed by atoms with Crippen molar-refractivity contribution in [2.75, 3.05) is 0 Å². The highest BCUT2D eigenvalue weighted by molar-refractivity contribution is 6.10. The molecule has 0 radical (unpaired) electrons. The van der Waals surface area contributed by atoms with E-state index in [0.29, 0.717) is 0 Å². The number of aromatic nitrogens is 2. The molecule has 0 aliphatic carbocycles. The molecule has 32 heavy (non-hydrogen) atoms. The molecule has 0 bridgehead atoms. The molecule has 0 atom stereocenters. The molecule has 0 spiro atoms. The summed E-state index contributed by atoms with van der Waals surface area (Å²) in [6.45, 7) is 21.0. The maximum Gasteiger partial charge on any atom is 0.0970 e. The highest BCUT2D eigenvalue weighted by Crippen LogP contribution is 2.46. The zero-order valence-corrected chi connectivity index (χ0v) is 21.1. The van der Waals surface area contributed by atoms with Gasteiger partial charge in [0.05, 0.1) is 11.0 Å². The molecule has 0 saturated carbocycles. The molecule has 4 rings (SSSR count). The van der Waals surface area contributed by atoms with Crippen molar-refractivity contribution in [2.24, 2.45) is 0 Å². The smallest absolute Gasteiger partial charge is 0.0970 e. The number of nitrogens with zero attached hydrogens (tertiary/aromatic N) is 2. The second-order valence-corrected chi connectivity index (χ2v) is 12.1. The van der Waals surface area contributed by atoms with Crippen molar-refractivity contribution in [3.8, 4) is 11.1 Å². The van der Waals surface area contributed by atoms with Crippen LogP contribution < -0.4 is 0 Å². The molecule has 4 aromatic rings. The normalized spacial score (nSPS) is 13.2. The maximum atomic E-state index is 4.75. The lowest BCUT2D eigenvalue weighted by molar-refractivity contribution is 0.499. The SMILES string of the molecule is CC(C)(C)c1ccc(-c2cc3cccnc3c3ncccc23)c(C(C)(C)C)c1C(C)(C)C. The molecule has 2 heteroatoms. The summed E-state index contributed by atoms with van der Waals surface area (Å²) in [5.41, 5.74) is 8.89. The molecule has 2 heterocycles. The van der Waals surface area contributed by atoms with E-state index in [-0.39, 0.29) is 16.2 Å². The average Bonchev–Trinajstić information content (AvgIpc) is 2.70. The Labute approximate surface area is 193 Å². The van der Waals surface area contributed by atoms with Gasteiger partial charge < -0.3 is 0 Å². The first-order chi connectivity index (χ1) is 14.8. The molecule has 2 nitrogen and oxygen atoms in total. The molecule has 2 aromatic heterocycles. The van der Waals surface area contributed by atoms with E-state index in [1.165, 1.54) is 27.8 Å². The first kappa shape index (κ1) is 22.5. The number of rotatable bonds is 1. The van der Waals surface area contributed by atoms with Crippen LogP contribution in [0.25, 0.3) is 32.9 Å². The van der Waals surface area contributed by atoms with Crippen LogP contribution in [-0.4, -0.2) is 9.97 Å². The highest BCUT2D eigenvalue weighted by atomic mass is 14.7. The van der Waals surface area contributed by atoms with Gasteiger partial charge in [0.25, 0.3) is 0 Å². The Balaban J connectivity index is 2.22. The quantitative estimate of drug-likeness (QED) is 0.287. The van der Waals surface area contributed by atoms with Crippen molar-refractivity contribution in [2.45, 2.75) is 78.6 Å². The first-order valence-corrected chi connectivity index (χ1v) is 11.6. The van der Waals surface area contributed by atoms with E-state index < -0.39 is 0 Å². The number of benzene rings is 2. The van der Waals surface area contributed by atoms with E-state index in [4.69, 9.17) is 4.98 Å². The topological polar surface area (TPSA) is 25.8 Å². The van der Waals surface area contributed by atoms with Gasteiger partial charge in [-0.3, -0.25) is 9.97 Å². The number of hydrogen-bond acceptors (Lipinski definition) is 2. The fraction of sp³-hybridized carbons (Fsp3) is 0.400. The zero-order chi connectivity index (χ0) is 23.5. The van der Waals surface area contributed by atoms with Crippen molar-refractivity contribution in [3.63, 3.8) is 0 Å². The molecule has 2 aromatic carbocycles. The Bertz CT molecular complexity index is 1310. The molecule has 0 aliphatic heterocycles. The Morgan fingerprint density at radius 3 is 1.75 bits per heavy atom. The Morgan fingerprint density at radius 2 is 1.16 bits per heavy atom. The predicted octanol–water partition coefficient (Wildman–Crippen LogP) is 8.34. The standard InChI is InChI=1S/C30H36N2/c1-28(2,3)23-15-14-20(24(29(4,5)6)25(23)30(7,8)9)22-18-19-12-10-16-31-26(19)27-21(22)13-11-17-32-27/h10-18H,1-9H3. The average molecular weight is 425 g/mol. The van der Waals surface area contributed by atoms with Crippen LogP contribution in [0.2, 0.25) is 0 Å². The largest absolute Gasteiger partial charge is 0.254 e. The van der Waals surface area contributed by atoms with Crippen LogP contribution in [0.1, 0.15) is 79.0 Å². The molecule has 0 aliphatic rings. The minimum atomic E-state index is -0.0162. The molecule has 0 amide bonds. The van der Waals surface area contributed by atoms with E-state index in [1.54, 1.807) is 0 Å². The fourth-order valence-electron chi connectivity index (χ4n) is 5.01. The van der Waals surface area contributed by atoms with Gasteiger partial charge in [0.15, 0.2) is 0 Å². The number of fused-ring (bicyclic) bond motifs is 3.